The number of primary sulfonamides is 1. The highest BCUT2D eigenvalue weighted by molar-refractivity contribution is 7.91. The van der Waals surface area contributed by atoms with E-state index in [0.29, 0.717) is 5.82 Å². The number of hydrogen-bond acceptors (Lipinski definition) is 8. The molecule has 0 aromatic carbocycles. The molecule has 10 heteroatoms. The van der Waals surface area contributed by atoms with Gasteiger partial charge in [-0.15, -0.1) is 11.3 Å². The number of rotatable bonds is 4. The van der Waals surface area contributed by atoms with E-state index in [1.165, 1.54) is 5.38 Å². The summed E-state index contributed by atoms with van der Waals surface area (Å²) in [5, 5.41) is 9.82. The van der Waals surface area contributed by atoms with Gasteiger partial charge in [-0.3, -0.25) is 0 Å². The van der Waals surface area contributed by atoms with Gasteiger partial charge in [-0.1, -0.05) is 5.16 Å². The number of nitrogens with zero attached hydrogens (tertiary/aromatic N) is 2. The third-order valence-electron chi connectivity index (χ3n) is 1.99. The summed E-state index contributed by atoms with van der Waals surface area (Å²) < 4.78 is 31.7. The lowest BCUT2D eigenvalue weighted by Gasteiger charge is -1.98. The number of carbonyl (C=O) groups is 1. The number of thiophene rings is 1. The number of esters is 1. The van der Waals surface area contributed by atoms with Crippen LogP contribution in [0.5, 0.6) is 0 Å². The molecular weight excluding hydrogens is 294 g/mol. The number of nitrogens with two attached hydrogens (primary N) is 1. The molecule has 0 unspecified atom stereocenters. The van der Waals surface area contributed by atoms with Crippen LogP contribution in [0.2, 0.25) is 0 Å². The molecule has 0 bridgehead atoms. The van der Waals surface area contributed by atoms with Crippen LogP contribution in [0, 0.1) is 6.92 Å². The molecule has 2 aromatic rings. The molecule has 102 valence electrons. The Labute approximate surface area is 112 Å². The van der Waals surface area contributed by atoms with Gasteiger partial charge in [0.1, 0.15) is 4.21 Å². The second kappa shape index (κ2) is 5.07. The van der Waals surface area contributed by atoms with Gasteiger partial charge in [-0.2, -0.15) is 4.98 Å². The van der Waals surface area contributed by atoms with Gasteiger partial charge in [0.15, 0.2) is 12.4 Å². The van der Waals surface area contributed by atoms with Crippen LogP contribution in [0.15, 0.2) is 20.2 Å². The van der Waals surface area contributed by atoms with Crippen LogP contribution in [0.1, 0.15) is 22.1 Å². The summed E-state index contributed by atoms with van der Waals surface area (Å²) in [5.74, 6) is -0.104. The summed E-state index contributed by atoms with van der Waals surface area (Å²) in [6.07, 6.45) is 0. The Hall–Kier alpha value is -1.78. The summed E-state index contributed by atoms with van der Waals surface area (Å²) in [4.78, 5) is 15.5. The SMILES string of the molecule is Cc1noc(COC(=O)c2csc(S(N)(=O)=O)c2)n1. The fourth-order valence-corrected chi connectivity index (χ4v) is 2.76. The number of aryl methyl sites for hydroxylation is 1. The van der Waals surface area contributed by atoms with Gasteiger partial charge in [0.2, 0.25) is 10.0 Å². The third kappa shape index (κ3) is 3.36. The summed E-state index contributed by atoms with van der Waals surface area (Å²) in [6, 6.07) is 1.15. The number of ether oxygens (including phenoxy) is 1. The Morgan fingerprint density at radius 3 is 2.84 bits per heavy atom. The van der Waals surface area contributed by atoms with Crippen LogP contribution in [0.4, 0.5) is 0 Å². The fraction of sp³-hybridized carbons (Fsp3) is 0.222. The molecular formula is C9H9N3O5S2. The van der Waals surface area contributed by atoms with Gasteiger partial charge in [0, 0.05) is 5.38 Å². The molecule has 0 aliphatic carbocycles. The first-order valence-corrected chi connectivity index (χ1v) is 7.36. The van der Waals surface area contributed by atoms with Crippen molar-refractivity contribution >= 4 is 27.3 Å². The average molecular weight is 303 g/mol. The molecule has 2 rings (SSSR count). The number of sulfonamides is 1. The van der Waals surface area contributed by atoms with Crippen LogP contribution >= 0.6 is 11.3 Å². The quantitative estimate of drug-likeness (QED) is 0.812. The molecule has 19 heavy (non-hydrogen) atoms. The van der Waals surface area contributed by atoms with E-state index in [4.69, 9.17) is 14.4 Å². The van der Waals surface area contributed by atoms with E-state index in [0.717, 1.165) is 17.4 Å². The smallest absolute Gasteiger partial charge is 0.339 e. The Kier molecular flexibility index (Phi) is 3.64. The predicted molar refractivity (Wildman–Crippen MR) is 63.8 cm³/mol. The molecule has 2 heterocycles. The molecule has 0 spiro atoms. The summed E-state index contributed by atoms with van der Waals surface area (Å²) in [6.45, 7) is 1.45. The highest BCUT2D eigenvalue weighted by Crippen LogP contribution is 2.19. The summed E-state index contributed by atoms with van der Waals surface area (Å²) in [7, 11) is -3.81. The van der Waals surface area contributed by atoms with Crippen LogP contribution in [0.3, 0.4) is 0 Å². The van der Waals surface area contributed by atoms with Gasteiger partial charge < -0.3 is 9.26 Å². The molecule has 0 aliphatic rings. The Balaban J connectivity index is 2.02. The molecule has 2 aromatic heterocycles. The largest absolute Gasteiger partial charge is 0.452 e. The molecule has 0 saturated heterocycles. The van der Waals surface area contributed by atoms with Crippen molar-refractivity contribution in [3.8, 4) is 0 Å². The fourth-order valence-electron chi connectivity index (χ4n) is 1.18. The molecule has 0 aliphatic heterocycles. The van der Waals surface area contributed by atoms with Gasteiger partial charge in [-0.05, 0) is 13.0 Å². The zero-order valence-electron chi connectivity index (χ0n) is 9.69. The maximum Gasteiger partial charge on any atom is 0.339 e. The maximum absolute atomic E-state index is 11.6. The number of aromatic nitrogens is 2. The van der Waals surface area contributed by atoms with Crippen molar-refractivity contribution in [1.29, 1.82) is 0 Å². The van der Waals surface area contributed by atoms with Gasteiger partial charge in [0.05, 0.1) is 5.56 Å². The second-order valence-electron chi connectivity index (χ2n) is 3.51. The monoisotopic (exact) mass is 303 g/mol. The van der Waals surface area contributed by atoms with E-state index >= 15 is 0 Å². The molecule has 0 radical (unpaired) electrons. The van der Waals surface area contributed by atoms with Crippen molar-refractivity contribution in [1.82, 2.24) is 10.1 Å². The lowest BCUT2D eigenvalue weighted by molar-refractivity contribution is 0.0430. The van der Waals surface area contributed by atoms with E-state index in [9.17, 15) is 13.2 Å². The first-order valence-electron chi connectivity index (χ1n) is 4.94. The predicted octanol–water partition coefficient (Wildman–Crippen LogP) is 0.444. The standard InChI is InChI=1S/C9H9N3O5S2/c1-5-11-7(17-12-5)3-16-9(13)6-2-8(18-4-6)19(10,14)15/h2,4H,3H2,1H3,(H2,10,14,15). The van der Waals surface area contributed by atoms with Crippen molar-refractivity contribution in [2.24, 2.45) is 5.14 Å². The van der Waals surface area contributed by atoms with E-state index < -0.39 is 16.0 Å². The minimum Gasteiger partial charge on any atom is -0.452 e. The van der Waals surface area contributed by atoms with Crippen molar-refractivity contribution < 1.29 is 22.5 Å². The van der Waals surface area contributed by atoms with Crippen LogP contribution < -0.4 is 5.14 Å². The van der Waals surface area contributed by atoms with Crippen molar-refractivity contribution in [3.05, 3.63) is 28.7 Å². The molecule has 8 nitrogen and oxygen atoms in total. The average Bonchev–Trinajstić information content (AvgIpc) is 2.93. The zero-order chi connectivity index (χ0) is 14.0. The molecule has 2 N–H and O–H groups in total. The van der Waals surface area contributed by atoms with Crippen molar-refractivity contribution in [3.63, 3.8) is 0 Å². The van der Waals surface area contributed by atoms with E-state index in [1.54, 1.807) is 6.92 Å². The normalized spacial score (nSPS) is 11.5. The summed E-state index contributed by atoms with van der Waals surface area (Å²) >= 11 is 0.845. The first kappa shape index (κ1) is 13.6. The number of carbonyl (C=O) groups excluding carboxylic acids is 1. The first-order chi connectivity index (χ1) is 8.86. The second-order valence-corrected chi connectivity index (χ2v) is 6.21. The Morgan fingerprint density at radius 1 is 1.58 bits per heavy atom. The summed E-state index contributed by atoms with van der Waals surface area (Å²) in [5.41, 5.74) is 0.102. The molecule has 0 fully saturated rings. The van der Waals surface area contributed by atoms with Crippen LogP contribution in [0.25, 0.3) is 0 Å². The number of hydrogen-bond donors (Lipinski definition) is 1. The van der Waals surface area contributed by atoms with Crippen molar-refractivity contribution in [2.45, 2.75) is 17.7 Å². The Morgan fingerprint density at radius 2 is 2.32 bits per heavy atom. The van der Waals surface area contributed by atoms with Crippen LogP contribution in [-0.4, -0.2) is 24.5 Å². The van der Waals surface area contributed by atoms with Crippen LogP contribution in [-0.2, 0) is 21.4 Å². The molecule has 0 saturated carbocycles. The molecule has 0 atom stereocenters. The van der Waals surface area contributed by atoms with E-state index in [-0.39, 0.29) is 22.3 Å². The highest BCUT2D eigenvalue weighted by atomic mass is 32.2. The van der Waals surface area contributed by atoms with E-state index in [1.807, 2.05) is 0 Å². The molecule has 0 amide bonds. The third-order valence-corrected chi connectivity index (χ3v) is 4.37. The maximum atomic E-state index is 11.6. The Bertz CT molecular complexity index is 703. The topological polar surface area (TPSA) is 125 Å². The lowest BCUT2D eigenvalue weighted by Crippen LogP contribution is -2.10. The minimum absolute atomic E-state index is 0.102. The highest BCUT2D eigenvalue weighted by Gasteiger charge is 2.17. The lowest BCUT2D eigenvalue weighted by atomic mass is 10.3. The zero-order valence-corrected chi connectivity index (χ0v) is 11.3. The minimum atomic E-state index is -3.81. The van der Waals surface area contributed by atoms with Gasteiger partial charge >= 0.3 is 5.97 Å². The van der Waals surface area contributed by atoms with Gasteiger partial charge in [-0.25, -0.2) is 18.4 Å². The van der Waals surface area contributed by atoms with Gasteiger partial charge in [0.25, 0.3) is 5.89 Å². The van der Waals surface area contributed by atoms with Crippen molar-refractivity contribution in [2.75, 3.05) is 0 Å². The van der Waals surface area contributed by atoms with E-state index in [2.05, 4.69) is 10.1 Å².